The molecule has 2 N–H and O–H groups in total. The minimum Gasteiger partial charge on any atom is -0.345 e. The third kappa shape index (κ3) is 3.12. The molecule has 2 aromatic heterocycles. The minimum atomic E-state index is 0.987. The van der Waals surface area contributed by atoms with Crippen molar-refractivity contribution in [3.63, 3.8) is 0 Å². The van der Waals surface area contributed by atoms with Crippen LogP contribution in [0.1, 0.15) is 12.8 Å². The maximum Gasteiger partial charge on any atom is 0.203 e. The van der Waals surface area contributed by atoms with Crippen molar-refractivity contribution in [2.75, 3.05) is 18.0 Å². The van der Waals surface area contributed by atoms with E-state index in [4.69, 9.17) is 0 Å². The van der Waals surface area contributed by atoms with E-state index in [0.717, 1.165) is 41.6 Å². The van der Waals surface area contributed by atoms with Crippen molar-refractivity contribution in [3.8, 4) is 33.6 Å². The highest BCUT2D eigenvalue weighted by atomic mass is 15.3. The van der Waals surface area contributed by atoms with E-state index in [1.54, 1.807) is 6.33 Å². The molecule has 0 amide bonds. The van der Waals surface area contributed by atoms with Gasteiger partial charge in [-0.2, -0.15) is 0 Å². The average Bonchev–Trinajstić information content (AvgIpc) is 3.50. The SMILES string of the molecule is c1ncc(-c2ccc(-c3ccc(-c4cnc(N5CCCC5)[nH]4)cc3)cc2)[nH]1. The largest absolute Gasteiger partial charge is 0.345 e. The number of aromatic amines is 2. The van der Waals surface area contributed by atoms with E-state index in [2.05, 4.69) is 73.4 Å². The van der Waals surface area contributed by atoms with E-state index < -0.39 is 0 Å². The number of hydrogen-bond donors (Lipinski definition) is 2. The fourth-order valence-corrected chi connectivity index (χ4v) is 3.65. The molecule has 2 aromatic carbocycles. The Kier molecular flexibility index (Phi) is 3.98. The van der Waals surface area contributed by atoms with Crippen LogP contribution >= 0.6 is 0 Å². The summed E-state index contributed by atoms with van der Waals surface area (Å²) in [5.74, 6) is 0.987. The maximum absolute atomic E-state index is 4.55. The molecule has 4 aromatic rings. The lowest BCUT2D eigenvalue weighted by molar-refractivity contribution is 0.918. The van der Waals surface area contributed by atoms with Crippen LogP contribution < -0.4 is 4.90 Å². The first-order valence-electron chi connectivity index (χ1n) is 9.36. The zero-order valence-corrected chi connectivity index (χ0v) is 15.0. The van der Waals surface area contributed by atoms with Gasteiger partial charge in [-0.1, -0.05) is 48.5 Å². The number of aromatic nitrogens is 4. The first kappa shape index (κ1) is 15.9. The van der Waals surface area contributed by atoms with Gasteiger partial charge in [0.15, 0.2) is 0 Å². The standard InChI is InChI=1S/C22H21N5/c1-2-12-27(11-1)22-24-14-21(26-22)19-9-5-17(6-10-19)16-3-7-18(8-4-16)20-13-23-15-25-20/h3-10,13-15H,1-2,11-12H2,(H,23,25)(H,24,26). The fourth-order valence-electron chi connectivity index (χ4n) is 3.65. The quantitative estimate of drug-likeness (QED) is 0.556. The van der Waals surface area contributed by atoms with Crippen molar-refractivity contribution in [2.45, 2.75) is 12.8 Å². The van der Waals surface area contributed by atoms with Crippen LogP contribution in [0, 0.1) is 0 Å². The summed E-state index contributed by atoms with van der Waals surface area (Å²) in [4.78, 5) is 17.5. The fraction of sp³-hybridized carbons (Fsp3) is 0.182. The number of hydrogen-bond acceptors (Lipinski definition) is 3. The highest BCUT2D eigenvalue weighted by Crippen LogP contribution is 2.27. The molecule has 0 bridgehead atoms. The first-order valence-corrected chi connectivity index (χ1v) is 9.36. The number of benzene rings is 2. The monoisotopic (exact) mass is 355 g/mol. The predicted octanol–water partition coefficient (Wildman–Crippen LogP) is 4.73. The summed E-state index contributed by atoms with van der Waals surface area (Å²) in [5.41, 5.74) is 6.80. The van der Waals surface area contributed by atoms with Gasteiger partial charge in [-0.25, -0.2) is 9.97 Å². The molecule has 0 atom stereocenters. The van der Waals surface area contributed by atoms with Gasteiger partial charge in [0.25, 0.3) is 0 Å². The number of nitrogens with zero attached hydrogens (tertiary/aromatic N) is 3. The Hall–Kier alpha value is -3.34. The molecule has 0 aliphatic carbocycles. The second-order valence-corrected chi connectivity index (χ2v) is 6.93. The molecule has 0 spiro atoms. The average molecular weight is 355 g/mol. The summed E-state index contributed by atoms with van der Waals surface area (Å²) < 4.78 is 0. The second-order valence-electron chi connectivity index (χ2n) is 6.93. The zero-order valence-electron chi connectivity index (χ0n) is 15.0. The Morgan fingerprint density at radius 1 is 0.704 bits per heavy atom. The molecule has 1 fully saturated rings. The van der Waals surface area contributed by atoms with Crippen LogP contribution in [-0.2, 0) is 0 Å². The molecule has 134 valence electrons. The molecule has 0 saturated carbocycles. The van der Waals surface area contributed by atoms with E-state index in [9.17, 15) is 0 Å². The van der Waals surface area contributed by atoms with Crippen molar-refractivity contribution >= 4 is 5.95 Å². The molecule has 1 aliphatic rings. The highest BCUT2D eigenvalue weighted by molar-refractivity contribution is 5.71. The Labute approximate surface area is 158 Å². The molecular weight excluding hydrogens is 334 g/mol. The summed E-state index contributed by atoms with van der Waals surface area (Å²) >= 11 is 0. The lowest BCUT2D eigenvalue weighted by atomic mass is 10.0. The van der Waals surface area contributed by atoms with Crippen LogP contribution in [0.25, 0.3) is 33.6 Å². The topological polar surface area (TPSA) is 60.6 Å². The molecule has 0 unspecified atom stereocenters. The van der Waals surface area contributed by atoms with E-state index in [1.807, 2.05) is 12.4 Å². The van der Waals surface area contributed by atoms with E-state index in [1.165, 1.54) is 24.0 Å². The number of imidazole rings is 2. The Bertz CT molecular complexity index is 1010. The molecular formula is C22H21N5. The van der Waals surface area contributed by atoms with Crippen LogP contribution in [-0.4, -0.2) is 33.0 Å². The van der Waals surface area contributed by atoms with Gasteiger partial charge in [0.1, 0.15) is 0 Å². The number of anilines is 1. The molecule has 27 heavy (non-hydrogen) atoms. The predicted molar refractivity (Wildman–Crippen MR) is 108 cm³/mol. The molecule has 0 radical (unpaired) electrons. The van der Waals surface area contributed by atoms with Crippen LogP contribution in [0.3, 0.4) is 0 Å². The van der Waals surface area contributed by atoms with E-state index in [0.29, 0.717) is 0 Å². The van der Waals surface area contributed by atoms with Crippen molar-refractivity contribution in [2.24, 2.45) is 0 Å². The normalized spacial score (nSPS) is 14.0. The lowest BCUT2D eigenvalue weighted by Crippen LogP contribution is -2.18. The minimum absolute atomic E-state index is 0.987. The van der Waals surface area contributed by atoms with Gasteiger partial charge in [0.2, 0.25) is 5.95 Å². The van der Waals surface area contributed by atoms with Crippen molar-refractivity contribution in [1.29, 1.82) is 0 Å². The smallest absolute Gasteiger partial charge is 0.203 e. The van der Waals surface area contributed by atoms with Gasteiger partial charge in [-0.3, -0.25) is 0 Å². The van der Waals surface area contributed by atoms with Crippen LogP contribution in [0.15, 0.2) is 67.3 Å². The van der Waals surface area contributed by atoms with Crippen molar-refractivity contribution in [3.05, 3.63) is 67.3 Å². The molecule has 5 rings (SSSR count). The zero-order chi connectivity index (χ0) is 18.1. The lowest BCUT2D eigenvalue weighted by Gasteiger charge is -2.12. The Balaban J connectivity index is 1.35. The summed E-state index contributed by atoms with van der Waals surface area (Å²) in [6.45, 7) is 2.20. The van der Waals surface area contributed by atoms with Crippen LogP contribution in [0.5, 0.6) is 0 Å². The molecule has 3 heterocycles. The van der Waals surface area contributed by atoms with Crippen LogP contribution in [0.4, 0.5) is 5.95 Å². The van der Waals surface area contributed by atoms with Gasteiger partial charge in [0.05, 0.1) is 30.1 Å². The van der Waals surface area contributed by atoms with Gasteiger partial charge in [0, 0.05) is 13.1 Å². The summed E-state index contributed by atoms with van der Waals surface area (Å²) in [5, 5.41) is 0. The third-order valence-electron chi connectivity index (χ3n) is 5.19. The van der Waals surface area contributed by atoms with Crippen LogP contribution in [0.2, 0.25) is 0 Å². The van der Waals surface area contributed by atoms with Gasteiger partial charge in [-0.05, 0) is 35.1 Å². The van der Waals surface area contributed by atoms with E-state index in [-0.39, 0.29) is 0 Å². The van der Waals surface area contributed by atoms with Gasteiger partial charge in [-0.15, -0.1) is 0 Å². The molecule has 1 aliphatic heterocycles. The molecule has 1 saturated heterocycles. The molecule has 5 heteroatoms. The number of H-pyrrole nitrogens is 2. The number of nitrogens with one attached hydrogen (secondary N) is 2. The van der Waals surface area contributed by atoms with Crippen molar-refractivity contribution in [1.82, 2.24) is 19.9 Å². The molecule has 5 nitrogen and oxygen atoms in total. The first-order chi connectivity index (χ1) is 13.4. The van der Waals surface area contributed by atoms with Gasteiger partial charge < -0.3 is 14.9 Å². The van der Waals surface area contributed by atoms with Crippen molar-refractivity contribution < 1.29 is 0 Å². The summed E-state index contributed by atoms with van der Waals surface area (Å²) in [6, 6.07) is 17.2. The van der Waals surface area contributed by atoms with E-state index >= 15 is 0 Å². The summed E-state index contributed by atoms with van der Waals surface area (Å²) in [6.07, 6.45) is 7.98. The third-order valence-corrected chi connectivity index (χ3v) is 5.19. The second kappa shape index (κ2) is 6.76. The number of rotatable bonds is 4. The Morgan fingerprint density at radius 3 is 1.89 bits per heavy atom. The Morgan fingerprint density at radius 2 is 1.30 bits per heavy atom. The van der Waals surface area contributed by atoms with Gasteiger partial charge >= 0.3 is 0 Å². The highest BCUT2D eigenvalue weighted by Gasteiger charge is 2.15. The summed E-state index contributed by atoms with van der Waals surface area (Å²) in [7, 11) is 0. The maximum atomic E-state index is 4.55.